The minimum Gasteiger partial charge on any atom is -0.481 e. The molecule has 0 radical (unpaired) electrons. The molecule has 0 bridgehead atoms. The quantitative estimate of drug-likeness (QED) is 0.451. The minimum absolute atomic E-state index is 0.0666. The van der Waals surface area contributed by atoms with E-state index in [-0.39, 0.29) is 24.1 Å². The molecule has 176 valence electrons. The molecule has 3 aromatic carbocycles. The van der Waals surface area contributed by atoms with Gasteiger partial charge in [-0.2, -0.15) is 0 Å². The molecule has 35 heavy (non-hydrogen) atoms. The molecule has 2 aliphatic rings. The summed E-state index contributed by atoms with van der Waals surface area (Å²) >= 11 is 0. The van der Waals surface area contributed by atoms with Crippen molar-refractivity contribution in [1.29, 1.82) is 0 Å². The molecular weight excluding hydrogens is 444 g/mol. The maximum Gasteiger partial charge on any atom is 0.411 e. The van der Waals surface area contributed by atoms with Crippen molar-refractivity contribution in [3.63, 3.8) is 0 Å². The Morgan fingerprint density at radius 2 is 1.49 bits per heavy atom. The van der Waals surface area contributed by atoms with E-state index in [2.05, 4.69) is 22.8 Å². The van der Waals surface area contributed by atoms with Crippen molar-refractivity contribution >= 4 is 23.7 Å². The Bertz CT molecular complexity index is 1290. The fourth-order valence-corrected chi connectivity index (χ4v) is 4.77. The smallest absolute Gasteiger partial charge is 0.411 e. The van der Waals surface area contributed by atoms with Crippen molar-refractivity contribution < 1.29 is 24.2 Å². The number of hydrogen-bond acceptors (Lipinski definition) is 4. The largest absolute Gasteiger partial charge is 0.481 e. The number of nitrogens with one attached hydrogen (secondary N) is 2. The molecule has 0 spiro atoms. The molecule has 2 amide bonds. The van der Waals surface area contributed by atoms with Crippen LogP contribution in [0.4, 0.5) is 10.5 Å². The zero-order valence-corrected chi connectivity index (χ0v) is 18.8. The molecular formula is C28H24N2O5. The highest BCUT2D eigenvalue weighted by atomic mass is 16.5. The predicted octanol–water partition coefficient (Wildman–Crippen LogP) is 4.81. The van der Waals surface area contributed by atoms with Crippen LogP contribution in [0, 0.1) is 5.92 Å². The van der Waals surface area contributed by atoms with Crippen molar-refractivity contribution in [3.8, 4) is 11.1 Å². The molecule has 2 aliphatic carbocycles. The standard InChI is InChI=1S/C28H24N2O5/c31-26(29-18-14-13-17(15-18)27(32)33)23-11-5-6-12-25(23)30-28(34)35-16-24-21-9-3-1-7-19(21)20-8-2-4-10-22(20)24/h1-14,17-18,24H,15-16H2,(H,29,31)(H,30,34)(H,32,33). The summed E-state index contributed by atoms with van der Waals surface area (Å²) in [6, 6.07) is 22.4. The van der Waals surface area contributed by atoms with Gasteiger partial charge in [0.05, 0.1) is 17.2 Å². The first-order chi connectivity index (χ1) is 17.0. The molecule has 7 nitrogen and oxygen atoms in total. The lowest BCUT2D eigenvalue weighted by molar-refractivity contribution is -0.140. The Morgan fingerprint density at radius 3 is 2.14 bits per heavy atom. The van der Waals surface area contributed by atoms with E-state index < -0.39 is 23.9 Å². The number of rotatable bonds is 6. The highest BCUT2D eigenvalue weighted by molar-refractivity contribution is 6.03. The number of carboxylic acid groups (broad SMARTS) is 1. The number of benzene rings is 3. The number of ether oxygens (including phenoxy) is 1. The van der Waals surface area contributed by atoms with Crippen LogP contribution in [-0.4, -0.2) is 35.7 Å². The zero-order chi connectivity index (χ0) is 24.4. The number of carbonyl (C=O) groups excluding carboxylic acids is 2. The Balaban J connectivity index is 1.24. The Kier molecular flexibility index (Phi) is 6.06. The molecule has 2 unspecified atom stereocenters. The Labute approximate surface area is 202 Å². The lowest BCUT2D eigenvalue weighted by Crippen LogP contribution is -2.34. The average molecular weight is 469 g/mol. The number of carboxylic acids is 1. The van der Waals surface area contributed by atoms with Gasteiger partial charge >= 0.3 is 12.1 Å². The number of fused-ring (bicyclic) bond motifs is 3. The van der Waals surface area contributed by atoms with Crippen LogP contribution in [0.2, 0.25) is 0 Å². The van der Waals surface area contributed by atoms with Crippen LogP contribution in [0.1, 0.15) is 33.8 Å². The van der Waals surface area contributed by atoms with Crippen LogP contribution in [0.5, 0.6) is 0 Å². The van der Waals surface area contributed by atoms with Gasteiger partial charge in [-0.15, -0.1) is 0 Å². The SMILES string of the molecule is O=C(Nc1ccccc1C(=O)NC1C=CC(C(=O)O)C1)OCC1c2ccccc2-c2ccccc21. The molecule has 0 aliphatic heterocycles. The first kappa shape index (κ1) is 22.4. The number of para-hydroxylation sites is 1. The van der Waals surface area contributed by atoms with Crippen molar-refractivity contribution in [2.24, 2.45) is 5.92 Å². The molecule has 3 aromatic rings. The molecule has 3 N–H and O–H groups in total. The highest BCUT2D eigenvalue weighted by Crippen LogP contribution is 2.44. The van der Waals surface area contributed by atoms with Crippen LogP contribution in [0.25, 0.3) is 11.1 Å². The number of amides is 2. The number of hydrogen-bond donors (Lipinski definition) is 3. The van der Waals surface area contributed by atoms with E-state index in [9.17, 15) is 14.4 Å². The van der Waals surface area contributed by atoms with Gasteiger partial charge in [-0.05, 0) is 40.8 Å². The summed E-state index contributed by atoms with van der Waals surface area (Å²) in [4.78, 5) is 36.7. The fraction of sp³-hybridized carbons (Fsp3) is 0.179. The van der Waals surface area contributed by atoms with E-state index in [1.165, 1.54) is 0 Å². The number of carbonyl (C=O) groups is 3. The molecule has 2 atom stereocenters. The molecule has 7 heteroatoms. The third-order valence-electron chi connectivity index (χ3n) is 6.47. The molecule has 5 rings (SSSR count). The highest BCUT2D eigenvalue weighted by Gasteiger charge is 2.29. The van der Waals surface area contributed by atoms with Gasteiger partial charge in [-0.3, -0.25) is 14.9 Å². The summed E-state index contributed by atoms with van der Waals surface area (Å²) in [5.74, 6) is -2.01. The lowest BCUT2D eigenvalue weighted by Gasteiger charge is -2.16. The molecule has 0 saturated heterocycles. The van der Waals surface area contributed by atoms with Gasteiger partial charge in [-0.25, -0.2) is 4.79 Å². The number of aliphatic carboxylic acids is 1. The van der Waals surface area contributed by atoms with Crippen molar-refractivity contribution in [1.82, 2.24) is 5.32 Å². The molecule has 0 fully saturated rings. The lowest BCUT2D eigenvalue weighted by atomic mass is 9.98. The maximum atomic E-state index is 12.8. The Hall–Kier alpha value is -4.39. The second kappa shape index (κ2) is 9.46. The van der Waals surface area contributed by atoms with Gasteiger partial charge in [0.25, 0.3) is 5.91 Å². The molecule has 0 saturated carbocycles. The molecule has 0 heterocycles. The zero-order valence-electron chi connectivity index (χ0n) is 18.8. The summed E-state index contributed by atoms with van der Waals surface area (Å²) in [6.07, 6.45) is 2.90. The van der Waals surface area contributed by atoms with Crippen molar-refractivity contribution in [2.45, 2.75) is 18.4 Å². The molecule has 0 aromatic heterocycles. The Morgan fingerprint density at radius 1 is 0.857 bits per heavy atom. The van der Waals surface area contributed by atoms with Crippen LogP contribution >= 0.6 is 0 Å². The normalized spacial score (nSPS) is 17.9. The average Bonchev–Trinajstić information content (AvgIpc) is 3.46. The van der Waals surface area contributed by atoms with E-state index in [1.54, 1.807) is 36.4 Å². The van der Waals surface area contributed by atoms with Gasteiger partial charge in [0, 0.05) is 12.0 Å². The van der Waals surface area contributed by atoms with E-state index >= 15 is 0 Å². The third-order valence-corrected chi connectivity index (χ3v) is 6.47. The summed E-state index contributed by atoms with van der Waals surface area (Å²) < 4.78 is 5.59. The van der Waals surface area contributed by atoms with Gasteiger partial charge in [0.15, 0.2) is 0 Å². The maximum absolute atomic E-state index is 12.8. The second-order valence-electron chi connectivity index (χ2n) is 8.64. The van der Waals surface area contributed by atoms with E-state index in [0.717, 1.165) is 22.3 Å². The van der Waals surface area contributed by atoms with E-state index in [1.807, 2.05) is 36.4 Å². The fourth-order valence-electron chi connectivity index (χ4n) is 4.77. The monoisotopic (exact) mass is 468 g/mol. The first-order valence-electron chi connectivity index (χ1n) is 11.4. The van der Waals surface area contributed by atoms with Crippen molar-refractivity contribution in [2.75, 3.05) is 11.9 Å². The van der Waals surface area contributed by atoms with Crippen LogP contribution in [-0.2, 0) is 9.53 Å². The van der Waals surface area contributed by atoms with Gasteiger partial charge < -0.3 is 15.2 Å². The first-order valence-corrected chi connectivity index (χ1v) is 11.4. The van der Waals surface area contributed by atoms with Crippen LogP contribution < -0.4 is 10.6 Å². The van der Waals surface area contributed by atoms with Crippen LogP contribution in [0.15, 0.2) is 84.9 Å². The topological polar surface area (TPSA) is 105 Å². The van der Waals surface area contributed by atoms with Crippen LogP contribution in [0.3, 0.4) is 0 Å². The minimum atomic E-state index is -0.921. The van der Waals surface area contributed by atoms with Gasteiger partial charge in [0.1, 0.15) is 6.61 Å². The van der Waals surface area contributed by atoms with E-state index in [0.29, 0.717) is 12.1 Å². The summed E-state index contributed by atoms with van der Waals surface area (Å²) in [7, 11) is 0. The summed E-state index contributed by atoms with van der Waals surface area (Å²) in [5, 5.41) is 14.6. The number of anilines is 1. The summed E-state index contributed by atoms with van der Waals surface area (Å²) in [5.41, 5.74) is 5.11. The predicted molar refractivity (Wildman–Crippen MR) is 131 cm³/mol. The van der Waals surface area contributed by atoms with E-state index in [4.69, 9.17) is 9.84 Å². The third kappa shape index (κ3) is 4.53. The van der Waals surface area contributed by atoms with Crippen molar-refractivity contribution in [3.05, 3.63) is 102 Å². The van der Waals surface area contributed by atoms with Gasteiger partial charge in [0.2, 0.25) is 0 Å². The summed E-state index contributed by atoms with van der Waals surface area (Å²) in [6.45, 7) is 0.164. The van der Waals surface area contributed by atoms with Gasteiger partial charge in [-0.1, -0.05) is 72.8 Å². The second-order valence-corrected chi connectivity index (χ2v) is 8.64.